The first-order chi connectivity index (χ1) is 6.77. The minimum absolute atomic E-state index is 0.134. The molecule has 1 aliphatic heterocycles. The van der Waals surface area contributed by atoms with Crippen molar-refractivity contribution in [3.05, 3.63) is 0 Å². The fraction of sp³-hybridized carbons (Fsp3) is 0.900. The quantitative estimate of drug-likeness (QED) is 0.645. The summed E-state index contributed by atoms with van der Waals surface area (Å²) in [4.78, 5) is 13.4. The Morgan fingerprint density at radius 3 is 2.93 bits per heavy atom. The third-order valence-corrected chi connectivity index (χ3v) is 2.62. The Hall–Kier alpha value is -0.610. The molecule has 0 aliphatic carbocycles. The summed E-state index contributed by atoms with van der Waals surface area (Å²) in [5.41, 5.74) is 0. The SMILES string of the molecule is CCCN(CC(=O)OC)C1CCNC1. The van der Waals surface area contributed by atoms with Crippen LogP contribution in [0.3, 0.4) is 0 Å². The van der Waals surface area contributed by atoms with Crippen molar-refractivity contribution in [1.29, 1.82) is 0 Å². The average Bonchev–Trinajstić information content (AvgIpc) is 2.69. The summed E-state index contributed by atoms with van der Waals surface area (Å²) >= 11 is 0. The van der Waals surface area contributed by atoms with Crippen LogP contribution in [0.2, 0.25) is 0 Å². The third-order valence-electron chi connectivity index (χ3n) is 2.62. The molecule has 0 spiro atoms. The Kier molecular flexibility index (Phi) is 4.90. The van der Waals surface area contributed by atoms with Crippen LogP contribution in [-0.4, -0.2) is 50.2 Å². The maximum atomic E-state index is 11.2. The number of esters is 1. The van der Waals surface area contributed by atoms with Crippen LogP contribution >= 0.6 is 0 Å². The molecule has 0 aromatic heterocycles. The van der Waals surface area contributed by atoms with Gasteiger partial charge in [-0.2, -0.15) is 0 Å². The molecule has 1 unspecified atom stereocenters. The summed E-state index contributed by atoms with van der Waals surface area (Å²) in [7, 11) is 1.44. The van der Waals surface area contributed by atoms with E-state index in [2.05, 4.69) is 21.9 Å². The van der Waals surface area contributed by atoms with E-state index >= 15 is 0 Å². The highest BCUT2D eigenvalue weighted by Crippen LogP contribution is 2.08. The lowest BCUT2D eigenvalue weighted by Gasteiger charge is -2.26. The number of nitrogens with zero attached hydrogens (tertiary/aromatic N) is 1. The van der Waals surface area contributed by atoms with Gasteiger partial charge in [0, 0.05) is 12.6 Å². The highest BCUT2D eigenvalue weighted by molar-refractivity contribution is 5.71. The van der Waals surface area contributed by atoms with Crippen molar-refractivity contribution in [3.8, 4) is 0 Å². The van der Waals surface area contributed by atoms with Gasteiger partial charge in [0.25, 0.3) is 0 Å². The second-order valence-electron chi connectivity index (χ2n) is 3.69. The van der Waals surface area contributed by atoms with Crippen LogP contribution in [0.25, 0.3) is 0 Å². The Bertz CT molecular complexity index is 179. The number of carbonyl (C=O) groups is 1. The van der Waals surface area contributed by atoms with Crippen molar-refractivity contribution >= 4 is 5.97 Å². The van der Waals surface area contributed by atoms with Gasteiger partial charge in [-0.15, -0.1) is 0 Å². The van der Waals surface area contributed by atoms with Gasteiger partial charge in [-0.05, 0) is 25.9 Å². The topological polar surface area (TPSA) is 41.6 Å². The number of carbonyl (C=O) groups excluding carboxylic acids is 1. The molecule has 14 heavy (non-hydrogen) atoms. The van der Waals surface area contributed by atoms with Crippen molar-refractivity contribution in [2.24, 2.45) is 0 Å². The molecule has 1 heterocycles. The molecule has 1 aliphatic rings. The van der Waals surface area contributed by atoms with Gasteiger partial charge in [0.1, 0.15) is 0 Å². The summed E-state index contributed by atoms with van der Waals surface area (Å²) in [5, 5.41) is 3.31. The molecule has 0 saturated carbocycles. The van der Waals surface area contributed by atoms with Crippen molar-refractivity contribution in [3.63, 3.8) is 0 Å². The van der Waals surface area contributed by atoms with Gasteiger partial charge < -0.3 is 10.1 Å². The van der Waals surface area contributed by atoms with Crippen LogP contribution < -0.4 is 5.32 Å². The van der Waals surface area contributed by atoms with E-state index in [9.17, 15) is 4.79 Å². The Morgan fingerprint density at radius 2 is 2.43 bits per heavy atom. The average molecular weight is 200 g/mol. The van der Waals surface area contributed by atoms with Gasteiger partial charge >= 0.3 is 5.97 Å². The number of rotatable bonds is 5. The first kappa shape index (κ1) is 11.5. The molecule has 0 aromatic rings. The Morgan fingerprint density at radius 1 is 1.64 bits per heavy atom. The molecule has 1 saturated heterocycles. The molecule has 0 bridgehead atoms. The zero-order valence-corrected chi connectivity index (χ0v) is 9.08. The van der Waals surface area contributed by atoms with Gasteiger partial charge in [-0.25, -0.2) is 0 Å². The maximum absolute atomic E-state index is 11.2. The van der Waals surface area contributed by atoms with Crippen molar-refractivity contribution in [2.45, 2.75) is 25.8 Å². The molecule has 1 atom stereocenters. The van der Waals surface area contributed by atoms with Crippen LogP contribution in [0.1, 0.15) is 19.8 Å². The van der Waals surface area contributed by atoms with Crippen molar-refractivity contribution < 1.29 is 9.53 Å². The second kappa shape index (κ2) is 5.98. The molecule has 4 heteroatoms. The molecule has 0 amide bonds. The molecule has 1 fully saturated rings. The molecular weight excluding hydrogens is 180 g/mol. The molecule has 0 radical (unpaired) electrons. The van der Waals surface area contributed by atoms with E-state index in [0.29, 0.717) is 12.6 Å². The highest BCUT2D eigenvalue weighted by atomic mass is 16.5. The van der Waals surface area contributed by atoms with E-state index in [1.807, 2.05) is 0 Å². The van der Waals surface area contributed by atoms with E-state index in [-0.39, 0.29) is 5.97 Å². The predicted molar refractivity (Wildman–Crippen MR) is 55.2 cm³/mol. The first-order valence-electron chi connectivity index (χ1n) is 5.29. The lowest BCUT2D eigenvalue weighted by molar-refractivity contribution is -0.142. The van der Waals surface area contributed by atoms with E-state index in [4.69, 9.17) is 0 Å². The van der Waals surface area contributed by atoms with Crippen molar-refractivity contribution in [2.75, 3.05) is 33.3 Å². The van der Waals surface area contributed by atoms with E-state index in [1.54, 1.807) is 0 Å². The lowest BCUT2D eigenvalue weighted by atomic mass is 10.2. The van der Waals surface area contributed by atoms with E-state index in [1.165, 1.54) is 7.11 Å². The molecule has 0 aromatic carbocycles. The van der Waals surface area contributed by atoms with Gasteiger partial charge in [0.15, 0.2) is 0 Å². The van der Waals surface area contributed by atoms with Crippen LogP contribution in [-0.2, 0) is 9.53 Å². The number of hydrogen-bond acceptors (Lipinski definition) is 4. The minimum atomic E-state index is -0.134. The summed E-state index contributed by atoms with van der Waals surface area (Å²) in [6.45, 7) is 5.59. The first-order valence-corrected chi connectivity index (χ1v) is 5.29. The molecule has 4 nitrogen and oxygen atoms in total. The van der Waals surface area contributed by atoms with Crippen LogP contribution in [0.5, 0.6) is 0 Å². The number of nitrogens with one attached hydrogen (secondary N) is 1. The monoisotopic (exact) mass is 200 g/mol. The summed E-state index contributed by atoms with van der Waals surface area (Å²) in [5.74, 6) is -0.134. The Balaban J connectivity index is 2.40. The fourth-order valence-electron chi connectivity index (χ4n) is 1.86. The molecular formula is C10H20N2O2. The van der Waals surface area contributed by atoms with Gasteiger partial charge in [0.2, 0.25) is 0 Å². The smallest absolute Gasteiger partial charge is 0.319 e. The zero-order valence-electron chi connectivity index (χ0n) is 9.08. The molecule has 1 N–H and O–H groups in total. The predicted octanol–water partition coefficient (Wildman–Crippen LogP) is 0.233. The summed E-state index contributed by atoms with van der Waals surface area (Å²) < 4.78 is 4.69. The standard InChI is InChI=1S/C10H20N2O2/c1-3-6-12(8-10(13)14-2)9-4-5-11-7-9/h9,11H,3-8H2,1-2H3. The Labute approximate surface area is 85.6 Å². The number of methoxy groups -OCH3 is 1. The lowest BCUT2D eigenvalue weighted by Crippen LogP contribution is -2.41. The fourth-order valence-corrected chi connectivity index (χ4v) is 1.86. The number of hydrogen-bond donors (Lipinski definition) is 1. The van der Waals surface area contributed by atoms with Gasteiger partial charge in [0.05, 0.1) is 13.7 Å². The largest absolute Gasteiger partial charge is 0.468 e. The van der Waals surface area contributed by atoms with E-state index in [0.717, 1.165) is 32.5 Å². The van der Waals surface area contributed by atoms with Gasteiger partial charge in [-0.1, -0.05) is 6.92 Å². The van der Waals surface area contributed by atoms with Crippen molar-refractivity contribution in [1.82, 2.24) is 10.2 Å². The van der Waals surface area contributed by atoms with Crippen LogP contribution in [0.4, 0.5) is 0 Å². The minimum Gasteiger partial charge on any atom is -0.468 e. The highest BCUT2D eigenvalue weighted by Gasteiger charge is 2.23. The summed E-state index contributed by atoms with van der Waals surface area (Å²) in [6, 6.07) is 0.508. The van der Waals surface area contributed by atoms with E-state index < -0.39 is 0 Å². The second-order valence-corrected chi connectivity index (χ2v) is 3.69. The molecule has 1 rings (SSSR count). The van der Waals surface area contributed by atoms with Gasteiger partial charge in [-0.3, -0.25) is 9.69 Å². The molecule has 82 valence electrons. The van der Waals surface area contributed by atoms with Crippen LogP contribution in [0.15, 0.2) is 0 Å². The van der Waals surface area contributed by atoms with Crippen LogP contribution in [0, 0.1) is 0 Å². The third kappa shape index (κ3) is 3.27. The zero-order chi connectivity index (χ0) is 10.4. The maximum Gasteiger partial charge on any atom is 0.319 e. The summed E-state index contributed by atoms with van der Waals surface area (Å²) in [6.07, 6.45) is 2.21. The normalized spacial score (nSPS) is 21.5. The number of ether oxygens (including phenoxy) is 1.